The SMILES string of the molecule is CC1CC(CCCCCCCO)C(=O)O1. The van der Waals surface area contributed by atoms with E-state index in [1.54, 1.807) is 0 Å². The molecule has 0 radical (unpaired) electrons. The van der Waals surface area contributed by atoms with Crippen molar-refractivity contribution < 1.29 is 14.6 Å². The van der Waals surface area contributed by atoms with Gasteiger partial charge in [-0.25, -0.2) is 0 Å². The van der Waals surface area contributed by atoms with E-state index in [-0.39, 0.29) is 18.0 Å². The molecule has 1 saturated heterocycles. The first-order valence-corrected chi connectivity index (χ1v) is 6.05. The molecule has 0 amide bonds. The van der Waals surface area contributed by atoms with Crippen molar-refractivity contribution in [1.29, 1.82) is 0 Å². The number of hydrogen-bond donors (Lipinski definition) is 1. The lowest BCUT2D eigenvalue weighted by Gasteiger charge is -2.04. The summed E-state index contributed by atoms with van der Waals surface area (Å²) in [6, 6.07) is 0. The molecule has 1 aliphatic heterocycles. The van der Waals surface area contributed by atoms with E-state index in [0.717, 1.165) is 44.9 Å². The monoisotopic (exact) mass is 214 g/mol. The van der Waals surface area contributed by atoms with E-state index in [1.165, 1.54) is 0 Å². The highest BCUT2D eigenvalue weighted by molar-refractivity contribution is 5.74. The molecular weight excluding hydrogens is 192 g/mol. The Balaban J connectivity index is 1.98. The molecule has 1 rings (SSSR count). The molecule has 3 nitrogen and oxygen atoms in total. The van der Waals surface area contributed by atoms with Gasteiger partial charge in [-0.1, -0.05) is 25.7 Å². The van der Waals surface area contributed by atoms with Gasteiger partial charge in [-0.2, -0.15) is 0 Å². The summed E-state index contributed by atoms with van der Waals surface area (Å²) in [6.07, 6.45) is 7.44. The van der Waals surface area contributed by atoms with Crippen LogP contribution in [0.25, 0.3) is 0 Å². The third kappa shape index (κ3) is 4.65. The zero-order valence-corrected chi connectivity index (χ0v) is 9.58. The lowest BCUT2D eigenvalue weighted by Crippen LogP contribution is -2.07. The Labute approximate surface area is 91.8 Å². The van der Waals surface area contributed by atoms with Crippen LogP contribution < -0.4 is 0 Å². The average molecular weight is 214 g/mol. The minimum atomic E-state index is -0.00198. The van der Waals surface area contributed by atoms with Crippen LogP contribution >= 0.6 is 0 Å². The van der Waals surface area contributed by atoms with Crippen molar-refractivity contribution in [1.82, 2.24) is 0 Å². The minimum absolute atomic E-state index is 0.00198. The first kappa shape index (κ1) is 12.5. The highest BCUT2D eigenvalue weighted by Crippen LogP contribution is 2.25. The van der Waals surface area contributed by atoms with E-state index >= 15 is 0 Å². The van der Waals surface area contributed by atoms with Crippen molar-refractivity contribution in [2.24, 2.45) is 5.92 Å². The molecule has 88 valence electrons. The predicted molar refractivity (Wildman–Crippen MR) is 58.4 cm³/mol. The Morgan fingerprint density at radius 2 is 1.93 bits per heavy atom. The van der Waals surface area contributed by atoms with Crippen molar-refractivity contribution in [3.05, 3.63) is 0 Å². The highest BCUT2D eigenvalue weighted by Gasteiger charge is 2.30. The van der Waals surface area contributed by atoms with Crippen LogP contribution in [0.3, 0.4) is 0 Å². The summed E-state index contributed by atoms with van der Waals surface area (Å²) in [5, 5.41) is 8.60. The summed E-state index contributed by atoms with van der Waals surface area (Å²) in [5.41, 5.74) is 0. The Bertz CT molecular complexity index is 191. The molecule has 2 atom stereocenters. The molecule has 0 bridgehead atoms. The molecule has 2 unspecified atom stereocenters. The fraction of sp³-hybridized carbons (Fsp3) is 0.917. The lowest BCUT2D eigenvalue weighted by molar-refractivity contribution is -0.143. The molecule has 0 saturated carbocycles. The zero-order chi connectivity index (χ0) is 11.1. The fourth-order valence-electron chi connectivity index (χ4n) is 2.11. The molecule has 0 aromatic heterocycles. The maximum absolute atomic E-state index is 11.3. The Hall–Kier alpha value is -0.570. The van der Waals surface area contributed by atoms with Crippen molar-refractivity contribution in [3.63, 3.8) is 0 Å². The van der Waals surface area contributed by atoms with E-state index in [0.29, 0.717) is 6.61 Å². The van der Waals surface area contributed by atoms with Gasteiger partial charge in [-0.3, -0.25) is 4.79 Å². The van der Waals surface area contributed by atoms with Crippen LogP contribution in [0.2, 0.25) is 0 Å². The Morgan fingerprint density at radius 1 is 1.27 bits per heavy atom. The van der Waals surface area contributed by atoms with Gasteiger partial charge in [0.2, 0.25) is 0 Å². The zero-order valence-electron chi connectivity index (χ0n) is 9.58. The number of ether oxygens (including phenoxy) is 1. The van der Waals surface area contributed by atoms with Crippen LogP contribution in [0.4, 0.5) is 0 Å². The van der Waals surface area contributed by atoms with Gasteiger partial charge in [0.05, 0.1) is 12.0 Å². The highest BCUT2D eigenvalue weighted by atomic mass is 16.5. The second-order valence-electron chi connectivity index (χ2n) is 4.46. The van der Waals surface area contributed by atoms with Crippen LogP contribution in [0.15, 0.2) is 0 Å². The molecule has 15 heavy (non-hydrogen) atoms. The number of carbonyl (C=O) groups is 1. The maximum atomic E-state index is 11.3. The first-order valence-electron chi connectivity index (χ1n) is 6.05. The number of carbonyl (C=O) groups excluding carboxylic acids is 1. The third-order valence-electron chi connectivity index (χ3n) is 2.98. The molecule has 1 fully saturated rings. The molecule has 0 aliphatic carbocycles. The van der Waals surface area contributed by atoms with E-state index in [9.17, 15) is 4.79 Å². The number of cyclic esters (lactones) is 1. The van der Waals surface area contributed by atoms with E-state index in [4.69, 9.17) is 9.84 Å². The smallest absolute Gasteiger partial charge is 0.309 e. The van der Waals surface area contributed by atoms with Gasteiger partial charge in [0, 0.05) is 6.61 Å². The molecule has 1 aliphatic rings. The van der Waals surface area contributed by atoms with Crippen molar-refractivity contribution >= 4 is 5.97 Å². The van der Waals surface area contributed by atoms with Gasteiger partial charge >= 0.3 is 5.97 Å². The van der Waals surface area contributed by atoms with E-state index in [1.807, 2.05) is 6.92 Å². The minimum Gasteiger partial charge on any atom is -0.462 e. The van der Waals surface area contributed by atoms with Gasteiger partial charge in [0.25, 0.3) is 0 Å². The second kappa shape index (κ2) is 6.83. The molecule has 1 N–H and O–H groups in total. The van der Waals surface area contributed by atoms with E-state index in [2.05, 4.69) is 0 Å². The van der Waals surface area contributed by atoms with Crippen LogP contribution in [-0.2, 0) is 9.53 Å². The van der Waals surface area contributed by atoms with Crippen LogP contribution in [0.1, 0.15) is 51.9 Å². The molecule has 0 aromatic rings. The van der Waals surface area contributed by atoms with Crippen molar-refractivity contribution in [2.75, 3.05) is 6.61 Å². The summed E-state index contributed by atoms with van der Waals surface area (Å²) in [5.74, 6) is 0.149. The van der Waals surface area contributed by atoms with Gasteiger partial charge in [-0.05, 0) is 26.2 Å². The number of hydrogen-bond acceptors (Lipinski definition) is 3. The lowest BCUT2D eigenvalue weighted by atomic mass is 9.97. The predicted octanol–water partition coefficient (Wildman–Crippen LogP) is 2.27. The normalized spacial score (nSPS) is 25.6. The molecule has 0 spiro atoms. The van der Waals surface area contributed by atoms with Crippen LogP contribution in [-0.4, -0.2) is 23.8 Å². The largest absolute Gasteiger partial charge is 0.462 e. The standard InChI is InChI=1S/C12H22O3/c1-10-9-11(12(14)15-10)7-5-3-2-4-6-8-13/h10-11,13H,2-9H2,1H3. The van der Waals surface area contributed by atoms with Gasteiger partial charge in [0.1, 0.15) is 0 Å². The first-order chi connectivity index (χ1) is 7.24. The maximum Gasteiger partial charge on any atom is 0.309 e. The number of rotatable bonds is 7. The quantitative estimate of drug-likeness (QED) is 0.522. The summed E-state index contributed by atoms with van der Waals surface area (Å²) >= 11 is 0. The number of aliphatic hydroxyl groups excluding tert-OH is 1. The molecular formula is C12H22O3. The van der Waals surface area contributed by atoms with Crippen molar-refractivity contribution in [2.45, 2.75) is 58.0 Å². The van der Waals surface area contributed by atoms with Crippen LogP contribution in [0.5, 0.6) is 0 Å². The summed E-state index contributed by atoms with van der Waals surface area (Å²) in [4.78, 5) is 11.3. The Kier molecular flexibility index (Phi) is 5.69. The summed E-state index contributed by atoms with van der Waals surface area (Å²) in [7, 11) is 0. The average Bonchev–Trinajstić information content (AvgIpc) is 2.51. The van der Waals surface area contributed by atoms with Crippen LogP contribution in [0, 0.1) is 5.92 Å². The molecule has 0 aromatic carbocycles. The topological polar surface area (TPSA) is 46.5 Å². The van der Waals surface area contributed by atoms with Gasteiger partial charge < -0.3 is 9.84 Å². The fourth-order valence-corrected chi connectivity index (χ4v) is 2.11. The third-order valence-corrected chi connectivity index (χ3v) is 2.98. The van der Waals surface area contributed by atoms with Gasteiger partial charge in [0.15, 0.2) is 0 Å². The Morgan fingerprint density at radius 3 is 2.53 bits per heavy atom. The van der Waals surface area contributed by atoms with E-state index < -0.39 is 0 Å². The second-order valence-corrected chi connectivity index (χ2v) is 4.46. The van der Waals surface area contributed by atoms with Crippen molar-refractivity contribution in [3.8, 4) is 0 Å². The molecule has 3 heteroatoms. The number of aliphatic hydroxyl groups is 1. The summed E-state index contributed by atoms with van der Waals surface area (Å²) < 4.78 is 5.10. The molecule has 1 heterocycles. The number of unbranched alkanes of at least 4 members (excludes halogenated alkanes) is 4. The number of esters is 1. The van der Waals surface area contributed by atoms with Gasteiger partial charge in [-0.15, -0.1) is 0 Å². The summed E-state index contributed by atoms with van der Waals surface area (Å²) in [6.45, 7) is 2.26.